The van der Waals surface area contributed by atoms with Crippen molar-refractivity contribution in [2.24, 2.45) is 0 Å². The summed E-state index contributed by atoms with van der Waals surface area (Å²) in [7, 11) is 2.14. The summed E-state index contributed by atoms with van der Waals surface area (Å²) in [4.78, 5) is 22.7. The number of hydrogen-bond acceptors (Lipinski definition) is 6. The molecule has 0 spiro atoms. The number of amides is 1. The van der Waals surface area contributed by atoms with E-state index in [2.05, 4.69) is 32.2 Å². The van der Waals surface area contributed by atoms with Gasteiger partial charge in [-0.05, 0) is 55.7 Å². The number of thiophene rings is 1. The molecule has 0 unspecified atom stereocenters. The van der Waals surface area contributed by atoms with Gasteiger partial charge in [-0.15, -0.1) is 16.4 Å². The summed E-state index contributed by atoms with van der Waals surface area (Å²) >= 11 is 1.51. The summed E-state index contributed by atoms with van der Waals surface area (Å²) in [6, 6.07) is 9.83. The first-order chi connectivity index (χ1) is 14.6. The smallest absolute Gasteiger partial charge is 0.290 e. The number of nitrogens with zero attached hydrogens (tertiary/aromatic N) is 5. The van der Waals surface area contributed by atoms with Crippen LogP contribution in [0.25, 0.3) is 16.4 Å². The molecule has 1 aliphatic heterocycles. The van der Waals surface area contributed by atoms with Crippen molar-refractivity contribution in [3.05, 3.63) is 53.4 Å². The molecule has 3 aromatic rings. The maximum Gasteiger partial charge on any atom is 0.290 e. The second-order valence-corrected chi connectivity index (χ2v) is 8.33. The Labute approximate surface area is 179 Å². The van der Waals surface area contributed by atoms with Crippen molar-refractivity contribution >= 4 is 17.2 Å². The molecule has 0 bridgehead atoms. The number of piperazine rings is 1. The van der Waals surface area contributed by atoms with Gasteiger partial charge in [0.1, 0.15) is 5.82 Å². The predicted octanol–water partition coefficient (Wildman–Crippen LogP) is 2.50. The van der Waals surface area contributed by atoms with Crippen molar-refractivity contribution in [1.82, 2.24) is 29.9 Å². The van der Waals surface area contributed by atoms with Crippen LogP contribution in [0.5, 0.6) is 0 Å². The Bertz CT molecular complexity index is 964. The molecule has 7 nitrogen and oxygen atoms in total. The molecule has 0 saturated carbocycles. The number of benzene rings is 1. The van der Waals surface area contributed by atoms with Crippen molar-refractivity contribution in [2.45, 2.75) is 6.42 Å². The maximum absolute atomic E-state index is 13.3. The third-order valence-corrected chi connectivity index (χ3v) is 6.02. The first-order valence-electron chi connectivity index (χ1n) is 10.1. The monoisotopic (exact) mass is 428 g/mol. The lowest BCUT2D eigenvalue weighted by atomic mass is 10.3. The second-order valence-electron chi connectivity index (χ2n) is 7.38. The number of nitrogens with one attached hydrogen (secondary N) is 1. The summed E-state index contributed by atoms with van der Waals surface area (Å²) in [5.41, 5.74) is 0.654. The highest BCUT2D eigenvalue weighted by Crippen LogP contribution is 2.25. The minimum atomic E-state index is -0.324. The third kappa shape index (κ3) is 4.92. The lowest BCUT2D eigenvalue weighted by Crippen LogP contribution is -2.45. The van der Waals surface area contributed by atoms with Crippen LogP contribution in [0, 0.1) is 5.82 Å². The summed E-state index contributed by atoms with van der Waals surface area (Å²) in [5, 5.41) is 9.27. The van der Waals surface area contributed by atoms with Crippen LogP contribution in [0.1, 0.15) is 17.0 Å². The fourth-order valence-corrected chi connectivity index (χ4v) is 4.09. The normalized spacial score (nSPS) is 15.4. The minimum absolute atomic E-state index is 0.113. The van der Waals surface area contributed by atoms with E-state index in [9.17, 15) is 9.18 Å². The highest BCUT2D eigenvalue weighted by molar-refractivity contribution is 7.13. The van der Waals surface area contributed by atoms with Crippen molar-refractivity contribution in [3.63, 3.8) is 0 Å². The fraction of sp³-hybridized carbons (Fsp3) is 0.381. The molecule has 158 valence electrons. The summed E-state index contributed by atoms with van der Waals surface area (Å²) in [6.45, 7) is 5.85. The first kappa shape index (κ1) is 20.6. The Balaban J connectivity index is 1.41. The average Bonchev–Trinajstić information content (AvgIpc) is 3.43. The molecule has 2 aromatic heterocycles. The number of halogens is 1. The maximum atomic E-state index is 13.3. The standard InChI is InChI=1S/C21H25FN6OS/c1-26-11-13-27(14-12-26)10-3-9-23-21(29)19-24-20(18-4-2-15-30-18)28(25-19)17-7-5-16(22)6-8-17/h2,4-8,15H,3,9-14H2,1H3,(H,23,29). The Morgan fingerprint density at radius 2 is 1.93 bits per heavy atom. The minimum Gasteiger partial charge on any atom is -0.349 e. The average molecular weight is 429 g/mol. The van der Waals surface area contributed by atoms with Gasteiger partial charge in [0.15, 0.2) is 5.82 Å². The molecule has 1 aromatic carbocycles. The van der Waals surface area contributed by atoms with E-state index in [1.54, 1.807) is 16.8 Å². The van der Waals surface area contributed by atoms with Crippen LogP contribution in [-0.4, -0.2) is 76.8 Å². The number of carbonyl (C=O) groups is 1. The highest BCUT2D eigenvalue weighted by Gasteiger charge is 2.19. The Hall–Kier alpha value is -2.62. The van der Waals surface area contributed by atoms with Crippen LogP contribution >= 0.6 is 11.3 Å². The van der Waals surface area contributed by atoms with Gasteiger partial charge in [-0.2, -0.15) is 0 Å². The number of aromatic nitrogens is 3. The molecule has 30 heavy (non-hydrogen) atoms. The van der Waals surface area contributed by atoms with Crippen molar-refractivity contribution in [2.75, 3.05) is 46.3 Å². The zero-order chi connectivity index (χ0) is 20.9. The van der Waals surface area contributed by atoms with Crippen LogP contribution in [-0.2, 0) is 0 Å². The van der Waals surface area contributed by atoms with Crippen molar-refractivity contribution < 1.29 is 9.18 Å². The number of rotatable bonds is 7. The molecular weight excluding hydrogens is 403 g/mol. The molecular formula is C21H25FN6OS. The molecule has 1 saturated heterocycles. The second kappa shape index (κ2) is 9.46. The van der Waals surface area contributed by atoms with Gasteiger partial charge < -0.3 is 15.1 Å². The molecule has 1 amide bonds. The largest absolute Gasteiger partial charge is 0.349 e. The van der Waals surface area contributed by atoms with Gasteiger partial charge in [-0.3, -0.25) is 4.79 Å². The number of carbonyl (C=O) groups excluding carboxylic acids is 1. The summed E-state index contributed by atoms with van der Waals surface area (Å²) < 4.78 is 14.9. The lowest BCUT2D eigenvalue weighted by molar-refractivity contribution is 0.0939. The van der Waals surface area contributed by atoms with Crippen molar-refractivity contribution in [1.29, 1.82) is 0 Å². The van der Waals surface area contributed by atoms with Gasteiger partial charge in [-0.25, -0.2) is 14.1 Å². The van der Waals surface area contributed by atoms with E-state index in [1.165, 1.54) is 23.5 Å². The van der Waals surface area contributed by atoms with Gasteiger partial charge in [0.05, 0.1) is 10.6 Å². The zero-order valence-electron chi connectivity index (χ0n) is 16.9. The van der Waals surface area contributed by atoms with E-state index in [0.29, 0.717) is 18.1 Å². The van der Waals surface area contributed by atoms with Crippen LogP contribution in [0.4, 0.5) is 4.39 Å². The Kier molecular flexibility index (Phi) is 6.51. The number of likely N-dealkylation sites (N-methyl/N-ethyl adjacent to an activating group) is 1. The van der Waals surface area contributed by atoms with E-state index in [1.807, 2.05) is 17.5 Å². The fourth-order valence-electron chi connectivity index (χ4n) is 3.39. The summed E-state index contributed by atoms with van der Waals surface area (Å²) in [5.74, 6) is 0.0587. The van der Waals surface area contributed by atoms with Crippen molar-refractivity contribution in [3.8, 4) is 16.4 Å². The molecule has 0 atom stereocenters. The summed E-state index contributed by atoms with van der Waals surface area (Å²) in [6.07, 6.45) is 0.881. The van der Waals surface area contributed by atoms with Gasteiger partial charge >= 0.3 is 0 Å². The van der Waals surface area contributed by atoms with Crippen LogP contribution in [0.3, 0.4) is 0 Å². The molecule has 1 N–H and O–H groups in total. The van der Waals surface area contributed by atoms with Crippen LogP contribution < -0.4 is 5.32 Å². The topological polar surface area (TPSA) is 66.3 Å². The molecule has 3 heterocycles. The molecule has 0 radical (unpaired) electrons. The van der Waals surface area contributed by atoms with E-state index in [-0.39, 0.29) is 17.5 Å². The number of hydrogen-bond donors (Lipinski definition) is 1. The molecule has 0 aliphatic carbocycles. The van der Waals surface area contributed by atoms with E-state index >= 15 is 0 Å². The molecule has 1 aliphatic rings. The van der Waals surface area contributed by atoms with Gasteiger partial charge in [-0.1, -0.05) is 6.07 Å². The van der Waals surface area contributed by atoms with Gasteiger partial charge in [0.2, 0.25) is 5.82 Å². The van der Waals surface area contributed by atoms with E-state index < -0.39 is 0 Å². The van der Waals surface area contributed by atoms with E-state index in [4.69, 9.17) is 0 Å². The zero-order valence-corrected chi connectivity index (χ0v) is 17.7. The molecule has 9 heteroatoms. The third-order valence-electron chi connectivity index (χ3n) is 5.16. The van der Waals surface area contributed by atoms with Gasteiger partial charge in [0, 0.05) is 32.7 Å². The van der Waals surface area contributed by atoms with Gasteiger partial charge in [0.25, 0.3) is 5.91 Å². The predicted molar refractivity (Wildman–Crippen MR) is 116 cm³/mol. The lowest BCUT2D eigenvalue weighted by Gasteiger charge is -2.32. The van der Waals surface area contributed by atoms with E-state index in [0.717, 1.165) is 44.0 Å². The first-order valence-corrected chi connectivity index (χ1v) is 10.9. The quantitative estimate of drug-likeness (QED) is 0.586. The highest BCUT2D eigenvalue weighted by atomic mass is 32.1. The van der Waals surface area contributed by atoms with Crippen LogP contribution in [0.15, 0.2) is 41.8 Å². The molecule has 1 fully saturated rings. The van der Waals surface area contributed by atoms with Crippen LogP contribution in [0.2, 0.25) is 0 Å². The molecule has 4 rings (SSSR count). The SMILES string of the molecule is CN1CCN(CCCNC(=O)c2nc(-c3cccs3)n(-c3ccc(F)cc3)n2)CC1. The Morgan fingerprint density at radius 1 is 1.17 bits per heavy atom. The Morgan fingerprint density at radius 3 is 2.63 bits per heavy atom.